The lowest BCUT2D eigenvalue weighted by molar-refractivity contribution is 0.0963. The average molecular weight is 360 g/mol. The lowest BCUT2D eigenvalue weighted by atomic mass is 10.1. The summed E-state index contributed by atoms with van der Waals surface area (Å²) in [6, 6.07) is 11.5. The van der Waals surface area contributed by atoms with E-state index in [1.165, 1.54) is 18.9 Å². The van der Waals surface area contributed by atoms with E-state index in [0.29, 0.717) is 23.0 Å². The van der Waals surface area contributed by atoms with Crippen molar-refractivity contribution in [3.05, 3.63) is 53.6 Å². The van der Waals surface area contributed by atoms with E-state index in [1.54, 1.807) is 43.4 Å². The molecule has 1 amide bonds. The zero-order valence-corrected chi connectivity index (χ0v) is 14.6. The third-order valence-electron chi connectivity index (χ3n) is 4.54. The number of ether oxygens (including phenoxy) is 1. The number of alkyl halides is 2. The van der Waals surface area contributed by atoms with Gasteiger partial charge in [0, 0.05) is 24.3 Å². The molecule has 6 heteroatoms. The van der Waals surface area contributed by atoms with Gasteiger partial charge in [-0.25, -0.2) is 8.78 Å². The number of benzene rings is 2. The summed E-state index contributed by atoms with van der Waals surface area (Å²) in [5.74, 6) is 0.299. The summed E-state index contributed by atoms with van der Waals surface area (Å²) in [6.45, 7) is 0. The van der Waals surface area contributed by atoms with E-state index in [1.807, 2.05) is 0 Å². The summed E-state index contributed by atoms with van der Waals surface area (Å²) < 4.78 is 32.6. The van der Waals surface area contributed by atoms with Crippen LogP contribution in [0.4, 0.5) is 14.5 Å². The van der Waals surface area contributed by atoms with Crippen molar-refractivity contribution in [1.29, 1.82) is 0 Å². The number of nitrogens with one attached hydrogen (secondary N) is 2. The van der Waals surface area contributed by atoms with Crippen molar-refractivity contribution in [1.82, 2.24) is 5.32 Å². The minimum absolute atomic E-state index is 0.115. The summed E-state index contributed by atoms with van der Waals surface area (Å²) in [5, 5.41) is 5.84. The Morgan fingerprint density at radius 1 is 1.12 bits per heavy atom. The quantitative estimate of drug-likeness (QED) is 0.751. The van der Waals surface area contributed by atoms with E-state index in [0.717, 1.165) is 12.8 Å². The highest BCUT2D eigenvalue weighted by Crippen LogP contribution is 2.35. The van der Waals surface area contributed by atoms with Crippen molar-refractivity contribution in [2.45, 2.75) is 38.2 Å². The molecule has 2 aromatic carbocycles. The second-order valence-electron chi connectivity index (χ2n) is 6.38. The Morgan fingerprint density at radius 2 is 1.81 bits per heavy atom. The van der Waals surface area contributed by atoms with Crippen molar-refractivity contribution in [2.75, 3.05) is 12.4 Å². The van der Waals surface area contributed by atoms with E-state index >= 15 is 0 Å². The van der Waals surface area contributed by atoms with Crippen LogP contribution in [0.5, 0.6) is 11.5 Å². The van der Waals surface area contributed by atoms with Crippen LogP contribution >= 0.6 is 0 Å². The molecular formula is C20H22F2N2O2. The first-order valence-corrected chi connectivity index (χ1v) is 8.75. The van der Waals surface area contributed by atoms with Crippen molar-refractivity contribution >= 4 is 11.6 Å². The van der Waals surface area contributed by atoms with Crippen LogP contribution in [0.15, 0.2) is 42.5 Å². The fraction of sp³-hybridized carbons (Fsp3) is 0.350. The number of carbonyl (C=O) groups excluding carboxylic acids is 1. The molecule has 0 bridgehead atoms. The van der Waals surface area contributed by atoms with Crippen LogP contribution in [-0.2, 0) is 0 Å². The van der Waals surface area contributed by atoms with Gasteiger partial charge in [-0.15, -0.1) is 0 Å². The zero-order chi connectivity index (χ0) is 18.5. The van der Waals surface area contributed by atoms with Gasteiger partial charge in [-0.05, 0) is 55.3 Å². The molecule has 0 saturated heterocycles. The van der Waals surface area contributed by atoms with E-state index in [4.69, 9.17) is 4.74 Å². The van der Waals surface area contributed by atoms with E-state index in [9.17, 15) is 13.6 Å². The molecule has 0 unspecified atom stereocenters. The number of halogens is 2. The van der Waals surface area contributed by atoms with Crippen molar-refractivity contribution in [3.8, 4) is 11.5 Å². The predicted octanol–water partition coefficient (Wildman–Crippen LogP) is 5.13. The largest absolute Gasteiger partial charge is 0.457 e. The molecule has 4 nitrogen and oxygen atoms in total. The third-order valence-corrected chi connectivity index (χ3v) is 4.54. The zero-order valence-electron chi connectivity index (χ0n) is 14.6. The number of hydrogen-bond acceptors (Lipinski definition) is 3. The lowest BCUT2D eigenvalue weighted by Gasteiger charge is -2.17. The standard InChI is InChI=1S/C20H22F2N2O2/c1-23-20(25)13-6-9-16(10-7-13)26-18-11-8-15(12-17(18)19(21)22)24-14-4-2-3-5-14/h6-12,14,19,24H,2-5H2,1H3,(H,23,25). The summed E-state index contributed by atoms with van der Waals surface area (Å²) in [5.41, 5.74) is 1.02. The van der Waals surface area contributed by atoms with Gasteiger partial charge in [0.15, 0.2) is 0 Å². The van der Waals surface area contributed by atoms with Crippen LogP contribution in [0.1, 0.15) is 48.0 Å². The third kappa shape index (κ3) is 4.31. The molecule has 138 valence electrons. The van der Waals surface area contributed by atoms with Crippen LogP contribution in [0.3, 0.4) is 0 Å². The molecule has 2 N–H and O–H groups in total. The maximum atomic E-state index is 13.5. The summed E-state index contributed by atoms with van der Waals surface area (Å²) >= 11 is 0. The minimum atomic E-state index is -2.64. The van der Waals surface area contributed by atoms with Gasteiger partial charge in [0.2, 0.25) is 0 Å². The van der Waals surface area contributed by atoms with Crippen LogP contribution in [0.2, 0.25) is 0 Å². The second-order valence-corrected chi connectivity index (χ2v) is 6.38. The molecule has 0 aromatic heterocycles. The minimum Gasteiger partial charge on any atom is -0.457 e. The Morgan fingerprint density at radius 3 is 2.42 bits per heavy atom. The lowest BCUT2D eigenvalue weighted by Crippen LogP contribution is -2.17. The average Bonchev–Trinajstić information content (AvgIpc) is 3.16. The molecule has 0 atom stereocenters. The number of carbonyl (C=O) groups is 1. The predicted molar refractivity (Wildman–Crippen MR) is 97.2 cm³/mol. The highest BCUT2D eigenvalue weighted by molar-refractivity contribution is 5.94. The van der Waals surface area contributed by atoms with E-state index in [2.05, 4.69) is 10.6 Å². The molecule has 1 aliphatic rings. The fourth-order valence-corrected chi connectivity index (χ4v) is 3.15. The molecule has 0 heterocycles. The van der Waals surface area contributed by atoms with Crippen LogP contribution in [-0.4, -0.2) is 19.0 Å². The molecule has 1 aliphatic carbocycles. The first kappa shape index (κ1) is 18.2. The second kappa shape index (κ2) is 8.17. The van der Waals surface area contributed by atoms with Gasteiger partial charge in [-0.1, -0.05) is 12.8 Å². The Balaban J connectivity index is 1.76. The molecule has 1 fully saturated rings. The first-order valence-electron chi connectivity index (χ1n) is 8.75. The molecule has 0 aliphatic heterocycles. The summed E-state index contributed by atoms with van der Waals surface area (Å²) in [7, 11) is 1.54. The van der Waals surface area contributed by atoms with Gasteiger partial charge in [-0.3, -0.25) is 4.79 Å². The van der Waals surface area contributed by atoms with Crippen molar-refractivity contribution in [3.63, 3.8) is 0 Å². The molecule has 2 aromatic rings. The molecule has 3 rings (SSSR count). The SMILES string of the molecule is CNC(=O)c1ccc(Oc2ccc(NC3CCCC3)cc2C(F)F)cc1. The van der Waals surface area contributed by atoms with Gasteiger partial charge >= 0.3 is 0 Å². The van der Waals surface area contributed by atoms with Gasteiger partial charge in [-0.2, -0.15) is 0 Å². The van der Waals surface area contributed by atoms with Crippen LogP contribution < -0.4 is 15.4 Å². The maximum Gasteiger partial charge on any atom is 0.267 e. The number of amides is 1. The Hall–Kier alpha value is -2.63. The van der Waals surface area contributed by atoms with Gasteiger partial charge in [0.1, 0.15) is 11.5 Å². The van der Waals surface area contributed by atoms with Crippen LogP contribution in [0, 0.1) is 0 Å². The van der Waals surface area contributed by atoms with Crippen LogP contribution in [0.25, 0.3) is 0 Å². The normalized spacial score (nSPS) is 14.5. The fourth-order valence-electron chi connectivity index (χ4n) is 3.15. The van der Waals surface area contributed by atoms with E-state index in [-0.39, 0.29) is 17.2 Å². The Bertz CT molecular complexity index is 757. The number of anilines is 1. The molecular weight excluding hydrogens is 338 g/mol. The molecule has 0 spiro atoms. The summed E-state index contributed by atoms with van der Waals surface area (Å²) in [4.78, 5) is 11.5. The molecule has 1 saturated carbocycles. The smallest absolute Gasteiger partial charge is 0.267 e. The topological polar surface area (TPSA) is 50.4 Å². The van der Waals surface area contributed by atoms with Gasteiger partial charge in [0.25, 0.3) is 12.3 Å². The highest BCUT2D eigenvalue weighted by atomic mass is 19.3. The molecule has 26 heavy (non-hydrogen) atoms. The number of rotatable bonds is 6. The van der Waals surface area contributed by atoms with Gasteiger partial charge in [0.05, 0.1) is 5.56 Å². The summed E-state index contributed by atoms with van der Waals surface area (Å²) in [6.07, 6.45) is 1.85. The van der Waals surface area contributed by atoms with Gasteiger partial charge < -0.3 is 15.4 Å². The van der Waals surface area contributed by atoms with Crippen molar-refractivity contribution < 1.29 is 18.3 Å². The maximum absolute atomic E-state index is 13.5. The first-order chi connectivity index (χ1) is 12.6. The molecule has 0 radical (unpaired) electrons. The monoisotopic (exact) mass is 360 g/mol. The highest BCUT2D eigenvalue weighted by Gasteiger charge is 2.19. The Kier molecular flexibility index (Phi) is 5.71. The number of hydrogen-bond donors (Lipinski definition) is 2. The van der Waals surface area contributed by atoms with Crippen molar-refractivity contribution in [2.24, 2.45) is 0 Å². The Labute approximate surface area is 151 Å². The van der Waals surface area contributed by atoms with E-state index < -0.39 is 6.43 Å².